The molecule has 0 unspecified atom stereocenters. The number of carbonyl (C=O) groups excluding carboxylic acids is 3. The summed E-state index contributed by atoms with van der Waals surface area (Å²) < 4.78 is 4.90. The molecule has 0 bridgehead atoms. The highest BCUT2D eigenvalue weighted by atomic mass is 16.5. The molecule has 0 aromatic rings. The number of hydrogen-bond acceptors (Lipinski definition) is 4. The second kappa shape index (κ2) is 10.4. The van der Waals surface area contributed by atoms with E-state index < -0.39 is 18.1 Å². The second-order valence-electron chi connectivity index (χ2n) is 7.34. The molecule has 0 heterocycles. The number of esters is 1. The molecular weight excluding hydrogens is 320 g/mol. The zero-order valence-corrected chi connectivity index (χ0v) is 16.3. The predicted molar refractivity (Wildman–Crippen MR) is 96.7 cm³/mol. The lowest BCUT2D eigenvalue weighted by molar-refractivity contribution is -0.147. The fourth-order valence-electron chi connectivity index (χ4n) is 3.27. The van der Waals surface area contributed by atoms with Crippen molar-refractivity contribution in [2.75, 3.05) is 6.61 Å². The molecule has 2 N–H and O–H groups in total. The molecule has 1 aliphatic carbocycles. The summed E-state index contributed by atoms with van der Waals surface area (Å²) in [6.07, 6.45) is 5.09. The van der Waals surface area contributed by atoms with Crippen molar-refractivity contribution in [2.24, 2.45) is 17.8 Å². The van der Waals surface area contributed by atoms with Crippen LogP contribution in [0.1, 0.15) is 66.7 Å². The lowest BCUT2D eigenvalue weighted by Gasteiger charge is -2.29. The van der Waals surface area contributed by atoms with Crippen LogP contribution in [0.4, 0.5) is 0 Å². The zero-order chi connectivity index (χ0) is 19.0. The van der Waals surface area contributed by atoms with Crippen molar-refractivity contribution in [2.45, 2.75) is 78.8 Å². The third-order valence-corrected chi connectivity index (χ3v) is 5.04. The maximum absolute atomic E-state index is 12.6. The molecule has 2 amide bonds. The first-order valence-corrected chi connectivity index (χ1v) is 9.57. The summed E-state index contributed by atoms with van der Waals surface area (Å²) in [4.78, 5) is 36.7. The van der Waals surface area contributed by atoms with Gasteiger partial charge in [-0.15, -0.1) is 0 Å². The van der Waals surface area contributed by atoms with E-state index in [-0.39, 0.29) is 30.3 Å². The molecular formula is C19H34N2O4. The molecule has 144 valence electrons. The van der Waals surface area contributed by atoms with E-state index in [1.807, 2.05) is 13.8 Å². The average Bonchev–Trinajstić information content (AvgIpc) is 2.59. The Kier molecular flexibility index (Phi) is 8.93. The number of nitrogens with one attached hydrogen (secondary N) is 2. The number of hydrogen-bond donors (Lipinski definition) is 2. The van der Waals surface area contributed by atoms with Gasteiger partial charge in [-0.05, 0) is 51.4 Å². The van der Waals surface area contributed by atoms with Gasteiger partial charge in [-0.3, -0.25) is 9.59 Å². The lowest BCUT2D eigenvalue weighted by Crippen LogP contribution is -2.54. The van der Waals surface area contributed by atoms with Crippen LogP contribution in [0.15, 0.2) is 0 Å². The Labute approximate surface area is 151 Å². The van der Waals surface area contributed by atoms with E-state index in [0.717, 1.165) is 38.0 Å². The molecule has 0 spiro atoms. The van der Waals surface area contributed by atoms with Crippen molar-refractivity contribution in [3.8, 4) is 0 Å². The first-order valence-electron chi connectivity index (χ1n) is 9.57. The van der Waals surface area contributed by atoms with Gasteiger partial charge in [0.2, 0.25) is 11.8 Å². The molecule has 2 atom stereocenters. The summed E-state index contributed by atoms with van der Waals surface area (Å²) in [5.41, 5.74) is 0. The van der Waals surface area contributed by atoms with Gasteiger partial charge >= 0.3 is 5.97 Å². The topological polar surface area (TPSA) is 84.5 Å². The van der Waals surface area contributed by atoms with Crippen LogP contribution in [0.2, 0.25) is 0 Å². The van der Waals surface area contributed by atoms with Crippen LogP contribution in [0, 0.1) is 17.8 Å². The molecule has 0 saturated heterocycles. The Bertz CT molecular complexity index is 456. The standard InChI is InChI=1S/C19H34N2O4/c1-6-14-8-10-15(11-9-14)17(22)21-16(12(3)4)18(23)20-13(5)19(24)25-7-2/h12-16H,6-11H2,1-5H3,(H,20,23)(H,21,22)/t13-,14?,15?,16+/m0/s1. The van der Waals surface area contributed by atoms with Gasteiger partial charge in [-0.1, -0.05) is 27.2 Å². The summed E-state index contributed by atoms with van der Waals surface area (Å²) >= 11 is 0. The molecule has 6 heteroatoms. The third kappa shape index (κ3) is 6.67. The third-order valence-electron chi connectivity index (χ3n) is 5.04. The fraction of sp³-hybridized carbons (Fsp3) is 0.842. The second-order valence-corrected chi connectivity index (χ2v) is 7.34. The van der Waals surface area contributed by atoms with Gasteiger partial charge < -0.3 is 15.4 Å². The SMILES string of the molecule is CCOC(=O)[C@H](C)NC(=O)[C@H](NC(=O)C1CCC(CC)CC1)C(C)C. The van der Waals surface area contributed by atoms with Gasteiger partial charge in [0.05, 0.1) is 6.61 Å². The molecule has 0 radical (unpaired) electrons. The van der Waals surface area contributed by atoms with Gasteiger partial charge in [0.25, 0.3) is 0 Å². The Hall–Kier alpha value is -1.59. The quantitative estimate of drug-likeness (QED) is 0.656. The normalized spacial score (nSPS) is 22.8. The van der Waals surface area contributed by atoms with Crippen molar-refractivity contribution >= 4 is 17.8 Å². The number of rotatable bonds is 8. The van der Waals surface area contributed by atoms with Crippen molar-refractivity contribution < 1.29 is 19.1 Å². The number of carbonyl (C=O) groups is 3. The van der Waals surface area contributed by atoms with Crippen molar-refractivity contribution in [1.82, 2.24) is 10.6 Å². The van der Waals surface area contributed by atoms with E-state index >= 15 is 0 Å². The van der Waals surface area contributed by atoms with Gasteiger partial charge in [-0.25, -0.2) is 4.79 Å². The van der Waals surface area contributed by atoms with Crippen LogP contribution in [-0.4, -0.2) is 36.5 Å². The van der Waals surface area contributed by atoms with Crippen LogP contribution in [0.25, 0.3) is 0 Å². The Morgan fingerprint density at radius 2 is 1.60 bits per heavy atom. The minimum Gasteiger partial charge on any atom is -0.464 e. The summed E-state index contributed by atoms with van der Waals surface area (Å²) in [5.74, 6) is -0.218. The van der Waals surface area contributed by atoms with Crippen LogP contribution in [0.5, 0.6) is 0 Å². The van der Waals surface area contributed by atoms with Crippen LogP contribution < -0.4 is 10.6 Å². The maximum atomic E-state index is 12.6. The van der Waals surface area contributed by atoms with Crippen LogP contribution in [-0.2, 0) is 19.1 Å². The first-order chi connectivity index (χ1) is 11.8. The molecule has 1 saturated carbocycles. The highest BCUT2D eigenvalue weighted by Gasteiger charge is 2.31. The van der Waals surface area contributed by atoms with E-state index in [0.29, 0.717) is 0 Å². The van der Waals surface area contributed by atoms with E-state index in [2.05, 4.69) is 17.6 Å². The zero-order valence-electron chi connectivity index (χ0n) is 16.3. The first kappa shape index (κ1) is 21.5. The largest absolute Gasteiger partial charge is 0.464 e. The molecule has 1 fully saturated rings. The van der Waals surface area contributed by atoms with Gasteiger partial charge in [0.1, 0.15) is 12.1 Å². The summed E-state index contributed by atoms with van der Waals surface area (Å²) in [6, 6.07) is -1.38. The van der Waals surface area contributed by atoms with Crippen molar-refractivity contribution in [3.05, 3.63) is 0 Å². The number of amides is 2. The minimum atomic E-state index is -0.731. The average molecular weight is 354 g/mol. The number of ether oxygens (including phenoxy) is 1. The van der Waals surface area contributed by atoms with Gasteiger partial charge in [-0.2, -0.15) is 0 Å². The predicted octanol–water partition coefficient (Wildman–Crippen LogP) is 2.41. The van der Waals surface area contributed by atoms with E-state index in [1.54, 1.807) is 13.8 Å². The highest BCUT2D eigenvalue weighted by molar-refractivity contribution is 5.91. The minimum absolute atomic E-state index is 0.0145. The van der Waals surface area contributed by atoms with Gasteiger partial charge in [0, 0.05) is 5.92 Å². The molecule has 0 aliphatic heterocycles. The maximum Gasteiger partial charge on any atom is 0.328 e. The molecule has 6 nitrogen and oxygen atoms in total. The van der Waals surface area contributed by atoms with Crippen LogP contribution >= 0.6 is 0 Å². The van der Waals surface area contributed by atoms with E-state index in [4.69, 9.17) is 4.74 Å². The van der Waals surface area contributed by atoms with Crippen molar-refractivity contribution in [1.29, 1.82) is 0 Å². The molecule has 0 aromatic carbocycles. The van der Waals surface area contributed by atoms with Crippen molar-refractivity contribution in [3.63, 3.8) is 0 Å². The smallest absolute Gasteiger partial charge is 0.328 e. The Balaban J connectivity index is 2.59. The molecule has 25 heavy (non-hydrogen) atoms. The molecule has 1 aliphatic rings. The molecule has 1 rings (SSSR count). The Morgan fingerprint density at radius 1 is 1.00 bits per heavy atom. The molecule has 0 aromatic heterocycles. The van der Waals surface area contributed by atoms with Gasteiger partial charge in [0.15, 0.2) is 0 Å². The highest BCUT2D eigenvalue weighted by Crippen LogP contribution is 2.30. The summed E-state index contributed by atoms with van der Waals surface area (Å²) in [7, 11) is 0. The lowest BCUT2D eigenvalue weighted by atomic mass is 9.80. The van der Waals surface area contributed by atoms with Crippen LogP contribution in [0.3, 0.4) is 0 Å². The fourth-order valence-corrected chi connectivity index (χ4v) is 3.27. The summed E-state index contributed by atoms with van der Waals surface area (Å²) in [6.45, 7) is 9.53. The van der Waals surface area contributed by atoms with E-state index in [9.17, 15) is 14.4 Å². The Morgan fingerprint density at radius 3 is 2.08 bits per heavy atom. The summed E-state index contributed by atoms with van der Waals surface area (Å²) in [5, 5.41) is 5.53. The van der Waals surface area contributed by atoms with E-state index in [1.165, 1.54) is 0 Å². The monoisotopic (exact) mass is 354 g/mol.